The predicted octanol–water partition coefficient (Wildman–Crippen LogP) is 9.06. The molecule has 56 heavy (non-hydrogen) atoms. The fraction of sp³-hybridized carbons (Fsp3) is 0.308. The van der Waals surface area contributed by atoms with Gasteiger partial charge in [-0.05, 0) is 57.4 Å². The summed E-state index contributed by atoms with van der Waals surface area (Å²) in [5, 5.41) is 5.49. The van der Waals surface area contributed by atoms with Crippen LogP contribution in [0.1, 0.15) is 94.7 Å². The summed E-state index contributed by atoms with van der Waals surface area (Å²) < 4.78 is 0. The van der Waals surface area contributed by atoms with Crippen molar-refractivity contribution in [1.29, 1.82) is 0 Å². The summed E-state index contributed by atoms with van der Waals surface area (Å²) in [6.07, 6.45) is 2.17. The largest absolute Gasteiger partial charge is 1.00 e. The van der Waals surface area contributed by atoms with E-state index >= 15 is 0 Å². The molecule has 0 fully saturated rings. The van der Waals surface area contributed by atoms with Gasteiger partial charge in [0.25, 0.3) is 0 Å². The van der Waals surface area contributed by atoms with Gasteiger partial charge in [0.15, 0.2) is 0 Å². The van der Waals surface area contributed by atoms with Crippen molar-refractivity contribution in [3.05, 3.63) is 167 Å². The molecular formula is C52H60Cl2SiZr-2. The summed E-state index contributed by atoms with van der Waals surface area (Å²) >= 11 is 1.74. The van der Waals surface area contributed by atoms with E-state index in [0.29, 0.717) is 5.92 Å². The molecule has 0 amide bonds. The second-order valence-electron chi connectivity index (χ2n) is 17.5. The smallest absolute Gasteiger partial charge is 0.0132 e. The third kappa shape index (κ3) is 12.5. The first-order valence-electron chi connectivity index (χ1n) is 19.7. The normalized spacial score (nSPS) is 11.2. The van der Waals surface area contributed by atoms with Crippen LogP contribution in [0, 0.1) is 6.92 Å². The van der Waals surface area contributed by atoms with Gasteiger partial charge in [-0.1, -0.05) is 164 Å². The second-order valence-corrected chi connectivity index (χ2v) is 26.9. The van der Waals surface area contributed by atoms with Gasteiger partial charge in [0.2, 0.25) is 0 Å². The zero-order valence-corrected chi connectivity index (χ0v) is 40.4. The van der Waals surface area contributed by atoms with Crippen LogP contribution in [0.25, 0.3) is 43.8 Å². The summed E-state index contributed by atoms with van der Waals surface area (Å²) in [4.78, 5) is 0. The van der Waals surface area contributed by atoms with E-state index in [2.05, 4.69) is 209 Å². The van der Waals surface area contributed by atoms with Gasteiger partial charge in [-0.15, -0.1) is 68.6 Å². The molecular weight excluding hydrogens is 815 g/mol. The van der Waals surface area contributed by atoms with Gasteiger partial charge in [0, 0.05) is 0 Å². The molecule has 0 bridgehead atoms. The summed E-state index contributed by atoms with van der Waals surface area (Å²) in [5.74, 6) is 0.573. The quantitative estimate of drug-likeness (QED) is 0.116. The van der Waals surface area contributed by atoms with Crippen LogP contribution in [0.3, 0.4) is 0 Å². The standard InChI is InChI=1S/C28H29.C22H25.C2H6Si.2ClH.Zr/c1-20-10-17-25(23-13-15-24(16-14-23)28(2,3)4)27-19-22(18-26(20)27)12-11-21-8-6-5-7-9-21;1-15(2)18-13-17-7-6-8-20(21(17)14-18)16-9-11-19(12-10-16)22(3,4)5;1-3-2;;;/h5-10,13-19H,11-12H2,1-4H3;6-15H,1-5H3;1-2H3;2*1H;/q2*-1;;;;+2/p-2. The van der Waals surface area contributed by atoms with E-state index in [-0.39, 0.29) is 41.1 Å². The van der Waals surface area contributed by atoms with Crippen molar-refractivity contribution in [2.75, 3.05) is 0 Å². The van der Waals surface area contributed by atoms with Gasteiger partial charge in [0.1, 0.15) is 0 Å². The molecule has 0 atom stereocenters. The van der Waals surface area contributed by atoms with Crippen molar-refractivity contribution >= 4 is 27.0 Å². The van der Waals surface area contributed by atoms with Crippen molar-refractivity contribution in [2.45, 2.75) is 105 Å². The molecule has 0 radical (unpaired) electrons. The van der Waals surface area contributed by atoms with Crippen molar-refractivity contribution in [3.63, 3.8) is 0 Å². The molecule has 0 unspecified atom stereocenters. The van der Waals surface area contributed by atoms with Crippen molar-refractivity contribution in [1.82, 2.24) is 0 Å². The van der Waals surface area contributed by atoms with Crippen molar-refractivity contribution < 1.29 is 48.1 Å². The first-order valence-corrected chi connectivity index (χ1v) is 25.9. The Morgan fingerprint density at radius 1 is 0.589 bits per heavy atom. The second kappa shape index (κ2) is 20.6. The van der Waals surface area contributed by atoms with E-state index in [1.165, 1.54) is 77.2 Å². The third-order valence-electron chi connectivity index (χ3n) is 10.3. The van der Waals surface area contributed by atoms with Crippen LogP contribution < -0.4 is 24.8 Å². The molecule has 4 heteroatoms. The van der Waals surface area contributed by atoms with Crippen LogP contribution in [-0.2, 0) is 47.0 Å². The summed E-state index contributed by atoms with van der Waals surface area (Å²) in [6.45, 7) is 24.9. The molecule has 0 nitrogen and oxygen atoms in total. The minimum absolute atomic E-state index is 0. The monoisotopic (exact) mass is 872 g/mol. The molecule has 0 aliphatic heterocycles. The van der Waals surface area contributed by atoms with Gasteiger partial charge in [-0.3, -0.25) is 0 Å². The van der Waals surface area contributed by atoms with E-state index in [9.17, 15) is 0 Å². The molecule has 0 aromatic heterocycles. The molecule has 0 N–H and O–H groups in total. The van der Waals surface area contributed by atoms with Crippen LogP contribution in [0.2, 0.25) is 13.1 Å². The molecule has 0 spiro atoms. The van der Waals surface area contributed by atoms with E-state index in [0.717, 1.165) is 12.8 Å². The number of fused-ring (bicyclic) bond motifs is 2. The van der Waals surface area contributed by atoms with Gasteiger partial charge in [0.05, 0.1) is 0 Å². The minimum Gasteiger partial charge on any atom is -1.00 e. The zero-order chi connectivity index (χ0) is 39.2. The number of rotatable bonds is 6. The number of halogens is 2. The summed E-state index contributed by atoms with van der Waals surface area (Å²) in [6, 6.07) is 49.6. The van der Waals surface area contributed by atoms with Gasteiger partial charge in [-0.2, -0.15) is 12.1 Å². The first kappa shape index (κ1) is 47.4. The van der Waals surface area contributed by atoms with Gasteiger partial charge in [-0.25, -0.2) is 0 Å². The van der Waals surface area contributed by atoms with E-state index in [4.69, 9.17) is 0 Å². The molecule has 0 aliphatic rings. The third-order valence-corrected chi connectivity index (χ3v) is 10.3. The summed E-state index contributed by atoms with van der Waals surface area (Å²) in [7, 11) is 0. The van der Waals surface area contributed by atoms with Gasteiger partial charge >= 0.3 is 41.9 Å². The molecule has 0 aliphatic carbocycles. The van der Waals surface area contributed by atoms with Crippen LogP contribution >= 0.6 is 0 Å². The molecule has 7 aromatic rings. The Kier molecular flexibility index (Phi) is 17.4. The number of hydrogen-bond donors (Lipinski definition) is 0. The SMILES string of the molecule is CC(C)c1cc2c(-c3ccc(C(C)(C)C)cc3)cccc2[cH-]1.C[Si](C)=[Zr+2].Cc1ccc(-c2ccc(C(C)(C)C)cc2)c2cc(CCc3ccccc3)[cH-]c12.[Cl-].[Cl-]. The Balaban J connectivity index is 0.000000271. The van der Waals surface area contributed by atoms with Crippen LogP contribution in [0.4, 0.5) is 0 Å². The minimum atomic E-state index is 0. The molecule has 292 valence electrons. The maximum Gasteiger partial charge on any atom is -0.0132 e. The number of benzene rings is 5. The van der Waals surface area contributed by atoms with Crippen LogP contribution in [0.5, 0.6) is 0 Å². The fourth-order valence-electron chi connectivity index (χ4n) is 6.98. The van der Waals surface area contributed by atoms with Crippen molar-refractivity contribution in [2.24, 2.45) is 0 Å². The van der Waals surface area contributed by atoms with E-state index in [1.54, 1.807) is 23.3 Å². The Hall–Kier alpha value is -3.00. The predicted molar refractivity (Wildman–Crippen MR) is 238 cm³/mol. The molecule has 0 saturated heterocycles. The molecule has 7 aromatic carbocycles. The zero-order valence-electron chi connectivity index (χ0n) is 35.4. The first-order chi connectivity index (χ1) is 25.5. The Labute approximate surface area is 366 Å². The van der Waals surface area contributed by atoms with Crippen molar-refractivity contribution in [3.8, 4) is 22.3 Å². The average Bonchev–Trinajstić information content (AvgIpc) is 3.77. The van der Waals surface area contributed by atoms with E-state index in [1.807, 2.05) is 0 Å². The maximum atomic E-state index is 2.40. The van der Waals surface area contributed by atoms with E-state index < -0.39 is 0 Å². The number of aryl methyl sites for hydroxylation is 3. The number of hydrogen-bond acceptors (Lipinski definition) is 0. The van der Waals surface area contributed by atoms with Crippen LogP contribution in [0.15, 0.2) is 133 Å². The maximum absolute atomic E-state index is 2.40. The van der Waals surface area contributed by atoms with Gasteiger partial charge < -0.3 is 24.8 Å². The topological polar surface area (TPSA) is 0 Å². The fourth-order valence-corrected chi connectivity index (χ4v) is 6.98. The molecule has 7 rings (SSSR count). The Bertz CT molecular complexity index is 2290. The van der Waals surface area contributed by atoms with Crippen LogP contribution in [-0.4, -0.2) is 5.43 Å². The molecule has 0 saturated carbocycles. The average molecular weight is 875 g/mol. The Morgan fingerprint density at radius 2 is 1.11 bits per heavy atom. The summed E-state index contributed by atoms with van der Waals surface area (Å²) in [5.41, 5.74) is 14.3. The molecule has 0 heterocycles. The Morgan fingerprint density at radius 3 is 1.61 bits per heavy atom.